The molecule has 1 saturated heterocycles. The molecule has 10 heteroatoms. The smallest absolute Gasteiger partial charge is 0.283 e. The molecule has 0 bridgehead atoms. The molecule has 2 aliphatic rings. The normalized spacial score (nSPS) is 21.7. The minimum Gasteiger partial charge on any atom is -0.283 e. The zero-order valence-corrected chi connectivity index (χ0v) is 13.9. The Balaban J connectivity index is 1.75. The zero-order valence-electron chi connectivity index (χ0n) is 13.1. The molecule has 0 radical (unpaired) electrons. The standard InChI is InChI=1S/C14H20F3NO5S/c15-14(16,17)24(21,22)23-8-4-3-7-18-11(19)9-13(10-12(18)20)5-1-2-6-13/h1-10H2. The molecule has 2 rings (SSSR count). The van der Waals surface area contributed by atoms with Crippen LogP contribution in [0.2, 0.25) is 0 Å². The summed E-state index contributed by atoms with van der Waals surface area (Å²) < 4.78 is 61.5. The molecule has 2 fully saturated rings. The predicted octanol–water partition coefficient (Wildman–Crippen LogP) is 2.34. The summed E-state index contributed by atoms with van der Waals surface area (Å²) in [4.78, 5) is 25.4. The van der Waals surface area contributed by atoms with Crippen molar-refractivity contribution in [2.75, 3.05) is 13.2 Å². The van der Waals surface area contributed by atoms with Gasteiger partial charge in [0, 0.05) is 19.4 Å². The number of amides is 2. The third-order valence-corrected chi connectivity index (χ3v) is 5.66. The number of nitrogens with zero attached hydrogens (tertiary/aromatic N) is 1. The van der Waals surface area contributed by atoms with Crippen LogP contribution in [0, 0.1) is 5.41 Å². The van der Waals surface area contributed by atoms with E-state index in [4.69, 9.17) is 0 Å². The number of unbranched alkanes of at least 4 members (excludes halogenated alkanes) is 1. The third-order valence-electron chi connectivity index (χ3n) is 4.62. The summed E-state index contributed by atoms with van der Waals surface area (Å²) in [6.07, 6.45) is 4.64. The number of alkyl halides is 3. The molecule has 1 aliphatic carbocycles. The average molecular weight is 371 g/mol. The van der Waals surface area contributed by atoms with E-state index < -0.39 is 22.2 Å². The van der Waals surface area contributed by atoms with Crippen molar-refractivity contribution in [3.8, 4) is 0 Å². The minimum absolute atomic E-state index is 0.00247. The van der Waals surface area contributed by atoms with Crippen molar-refractivity contribution in [1.82, 2.24) is 4.90 Å². The Morgan fingerprint density at radius 2 is 1.58 bits per heavy atom. The lowest BCUT2D eigenvalue weighted by molar-refractivity contribution is -0.153. The summed E-state index contributed by atoms with van der Waals surface area (Å²) >= 11 is 0. The van der Waals surface area contributed by atoms with Gasteiger partial charge in [-0.1, -0.05) is 12.8 Å². The van der Waals surface area contributed by atoms with Crippen LogP contribution in [0.4, 0.5) is 13.2 Å². The number of carbonyl (C=O) groups excluding carboxylic acids is 2. The highest BCUT2D eigenvalue weighted by Gasteiger charge is 2.47. The molecule has 0 atom stereocenters. The van der Waals surface area contributed by atoms with Crippen LogP contribution in [0.5, 0.6) is 0 Å². The Morgan fingerprint density at radius 1 is 1.04 bits per heavy atom. The first-order valence-corrected chi connectivity index (χ1v) is 9.26. The van der Waals surface area contributed by atoms with Gasteiger partial charge in [0.05, 0.1) is 6.61 Å². The van der Waals surface area contributed by atoms with Crippen molar-refractivity contribution in [3.05, 3.63) is 0 Å². The van der Waals surface area contributed by atoms with Crippen LogP contribution >= 0.6 is 0 Å². The highest BCUT2D eigenvalue weighted by atomic mass is 32.2. The van der Waals surface area contributed by atoms with Crippen LogP contribution in [0.25, 0.3) is 0 Å². The van der Waals surface area contributed by atoms with E-state index in [9.17, 15) is 31.2 Å². The molecule has 24 heavy (non-hydrogen) atoms. The van der Waals surface area contributed by atoms with E-state index in [0.717, 1.165) is 30.6 Å². The van der Waals surface area contributed by atoms with E-state index in [0.29, 0.717) is 12.8 Å². The molecule has 0 aromatic carbocycles. The van der Waals surface area contributed by atoms with Gasteiger partial charge in [-0.15, -0.1) is 0 Å². The molecular formula is C14H20F3NO5S. The second-order valence-electron chi connectivity index (χ2n) is 6.43. The van der Waals surface area contributed by atoms with Gasteiger partial charge < -0.3 is 0 Å². The van der Waals surface area contributed by atoms with Crippen LogP contribution in [-0.2, 0) is 23.9 Å². The summed E-state index contributed by atoms with van der Waals surface area (Å²) in [5.41, 5.74) is -5.64. The topological polar surface area (TPSA) is 80.8 Å². The lowest BCUT2D eigenvalue weighted by Crippen LogP contribution is -2.47. The van der Waals surface area contributed by atoms with E-state index in [1.807, 2.05) is 0 Å². The summed E-state index contributed by atoms with van der Waals surface area (Å²) in [6.45, 7) is -0.564. The Labute approximate surface area is 138 Å². The van der Waals surface area contributed by atoms with Gasteiger partial charge in [-0.3, -0.25) is 18.7 Å². The molecule has 2 amide bonds. The molecule has 1 heterocycles. The fourth-order valence-corrected chi connectivity index (χ4v) is 3.84. The van der Waals surface area contributed by atoms with Crippen molar-refractivity contribution >= 4 is 21.9 Å². The predicted molar refractivity (Wildman–Crippen MR) is 77.0 cm³/mol. The first-order valence-electron chi connectivity index (χ1n) is 7.85. The number of piperidine rings is 1. The Hall–Kier alpha value is -1.16. The molecule has 6 nitrogen and oxygen atoms in total. The highest BCUT2D eigenvalue weighted by Crippen LogP contribution is 2.46. The first-order chi connectivity index (χ1) is 11.1. The molecule has 0 aromatic rings. The van der Waals surface area contributed by atoms with Gasteiger partial charge in [-0.25, -0.2) is 0 Å². The van der Waals surface area contributed by atoms with Crippen molar-refractivity contribution < 1.29 is 35.4 Å². The van der Waals surface area contributed by atoms with Gasteiger partial charge in [-0.05, 0) is 31.1 Å². The molecule has 0 unspecified atom stereocenters. The molecule has 1 aliphatic heterocycles. The van der Waals surface area contributed by atoms with Crippen LogP contribution in [-0.4, -0.2) is 43.8 Å². The maximum atomic E-state index is 12.1. The summed E-state index contributed by atoms with van der Waals surface area (Å²) in [7, 11) is -5.59. The van der Waals surface area contributed by atoms with Crippen molar-refractivity contribution in [3.63, 3.8) is 0 Å². The van der Waals surface area contributed by atoms with Crippen molar-refractivity contribution in [1.29, 1.82) is 0 Å². The maximum Gasteiger partial charge on any atom is 0.523 e. The van der Waals surface area contributed by atoms with E-state index in [-0.39, 0.29) is 36.6 Å². The van der Waals surface area contributed by atoms with Crippen LogP contribution in [0.15, 0.2) is 0 Å². The highest BCUT2D eigenvalue weighted by molar-refractivity contribution is 7.87. The number of rotatable bonds is 6. The van der Waals surface area contributed by atoms with Gasteiger partial charge in [-0.2, -0.15) is 21.6 Å². The molecule has 138 valence electrons. The van der Waals surface area contributed by atoms with Crippen LogP contribution in [0.1, 0.15) is 51.4 Å². The van der Waals surface area contributed by atoms with Gasteiger partial charge in [0.25, 0.3) is 0 Å². The average Bonchev–Trinajstić information content (AvgIpc) is 2.87. The SMILES string of the molecule is O=C1CC2(CCCC2)CC(=O)N1CCCCOS(=O)(=O)C(F)(F)F. The second-order valence-corrected chi connectivity index (χ2v) is 8.04. The third kappa shape index (κ3) is 4.27. The fraction of sp³-hybridized carbons (Fsp3) is 0.857. The van der Waals surface area contributed by atoms with E-state index >= 15 is 0 Å². The van der Waals surface area contributed by atoms with Gasteiger partial charge in [0.2, 0.25) is 11.8 Å². The number of hydrogen-bond donors (Lipinski definition) is 0. The fourth-order valence-electron chi connectivity index (χ4n) is 3.37. The summed E-state index contributed by atoms with van der Waals surface area (Å²) in [5.74, 6) is -0.506. The number of carbonyl (C=O) groups is 2. The van der Waals surface area contributed by atoms with Gasteiger partial charge in [0.15, 0.2) is 0 Å². The zero-order chi connectivity index (χ0) is 18.0. The number of hydrogen-bond acceptors (Lipinski definition) is 5. The van der Waals surface area contributed by atoms with E-state index in [1.54, 1.807) is 0 Å². The van der Waals surface area contributed by atoms with Gasteiger partial charge >= 0.3 is 15.6 Å². The second kappa shape index (κ2) is 6.99. The Kier molecular flexibility index (Phi) is 5.58. The number of likely N-dealkylation sites (tertiary alicyclic amines) is 1. The first kappa shape index (κ1) is 19.2. The molecule has 0 N–H and O–H groups in total. The van der Waals surface area contributed by atoms with E-state index in [2.05, 4.69) is 4.18 Å². The quantitative estimate of drug-likeness (QED) is 0.310. The summed E-state index contributed by atoms with van der Waals surface area (Å²) in [6, 6.07) is 0. The lowest BCUT2D eigenvalue weighted by Gasteiger charge is -2.37. The molecule has 0 aromatic heterocycles. The van der Waals surface area contributed by atoms with Gasteiger partial charge in [0.1, 0.15) is 0 Å². The Morgan fingerprint density at radius 3 is 2.08 bits per heavy atom. The molecular weight excluding hydrogens is 351 g/mol. The van der Waals surface area contributed by atoms with E-state index in [1.165, 1.54) is 0 Å². The van der Waals surface area contributed by atoms with Crippen LogP contribution < -0.4 is 0 Å². The number of halogens is 3. The van der Waals surface area contributed by atoms with Crippen LogP contribution in [0.3, 0.4) is 0 Å². The summed E-state index contributed by atoms with van der Waals surface area (Å²) in [5, 5.41) is 0. The van der Waals surface area contributed by atoms with Crippen molar-refractivity contribution in [2.45, 2.75) is 56.9 Å². The monoisotopic (exact) mass is 371 g/mol. The van der Waals surface area contributed by atoms with Crippen molar-refractivity contribution in [2.24, 2.45) is 5.41 Å². The minimum atomic E-state index is -5.59. The maximum absolute atomic E-state index is 12.1. The lowest BCUT2D eigenvalue weighted by atomic mass is 9.76. The number of imide groups is 1. The molecule has 1 spiro atoms. The largest absolute Gasteiger partial charge is 0.523 e. The Bertz CT molecular complexity index is 576. The molecule has 1 saturated carbocycles.